The van der Waals surface area contributed by atoms with Crippen molar-refractivity contribution in [3.63, 3.8) is 0 Å². The van der Waals surface area contributed by atoms with Gasteiger partial charge in [0.2, 0.25) is 6.41 Å². The SMILES string of the molecule is C=N/C=C(OCc1c(Cl)cccc1NC)\C(C)=C/C.NNNC=O. The first kappa shape index (κ1) is 21.6. The number of nitrogens with one attached hydrogen (secondary N) is 3. The molecule has 0 radical (unpaired) electrons. The third-order valence-electron chi connectivity index (χ3n) is 2.93. The molecule has 0 aromatic heterocycles. The van der Waals surface area contributed by atoms with Gasteiger partial charge in [0.15, 0.2) is 0 Å². The quantitative estimate of drug-likeness (QED) is 0.144. The molecule has 1 aromatic carbocycles. The summed E-state index contributed by atoms with van der Waals surface area (Å²) < 4.78 is 5.78. The van der Waals surface area contributed by atoms with E-state index in [0.717, 1.165) is 16.8 Å². The van der Waals surface area contributed by atoms with Gasteiger partial charge < -0.3 is 10.1 Å². The van der Waals surface area contributed by atoms with E-state index in [2.05, 4.69) is 22.9 Å². The van der Waals surface area contributed by atoms with Crippen molar-refractivity contribution < 1.29 is 9.53 Å². The summed E-state index contributed by atoms with van der Waals surface area (Å²) in [6, 6.07) is 5.71. The second kappa shape index (κ2) is 13.1. The minimum absolute atomic E-state index is 0.377. The van der Waals surface area contributed by atoms with E-state index in [-0.39, 0.29) is 0 Å². The molecule has 8 heteroatoms. The molecule has 0 bridgehead atoms. The van der Waals surface area contributed by atoms with E-state index in [1.54, 1.807) is 6.20 Å². The van der Waals surface area contributed by atoms with Crippen LogP contribution in [0.4, 0.5) is 5.69 Å². The molecule has 5 N–H and O–H groups in total. The fraction of sp³-hybridized carbons (Fsp3) is 0.250. The molecule has 132 valence electrons. The van der Waals surface area contributed by atoms with E-state index in [0.29, 0.717) is 23.8 Å². The molecule has 0 saturated carbocycles. The van der Waals surface area contributed by atoms with Crippen LogP contribution in [0.2, 0.25) is 5.02 Å². The van der Waals surface area contributed by atoms with Crippen LogP contribution in [-0.2, 0) is 16.1 Å². The van der Waals surface area contributed by atoms with Crippen molar-refractivity contribution in [2.45, 2.75) is 20.5 Å². The Morgan fingerprint density at radius 2 is 2.21 bits per heavy atom. The zero-order valence-corrected chi connectivity index (χ0v) is 14.9. The van der Waals surface area contributed by atoms with Crippen molar-refractivity contribution in [2.24, 2.45) is 10.8 Å². The van der Waals surface area contributed by atoms with Crippen molar-refractivity contribution in [1.29, 1.82) is 0 Å². The number of aliphatic imine (C=N–C) groups is 1. The number of anilines is 1. The minimum Gasteiger partial charge on any atom is -0.487 e. The molecule has 0 saturated heterocycles. The van der Waals surface area contributed by atoms with Gasteiger partial charge in [0.05, 0.1) is 6.20 Å². The van der Waals surface area contributed by atoms with Crippen molar-refractivity contribution in [1.82, 2.24) is 11.0 Å². The third kappa shape index (κ3) is 7.77. The first-order chi connectivity index (χ1) is 11.5. The number of hydrogen-bond donors (Lipinski definition) is 4. The Hall–Kier alpha value is -2.35. The van der Waals surface area contributed by atoms with Crippen LogP contribution in [0, 0.1) is 0 Å². The lowest BCUT2D eigenvalue weighted by Gasteiger charge is -2.14. The lowest BCUT2D eigenvalue weighted by atomic mass is 10.2. The van der Waals surface area contributed by atoms with Gasteiger partial charge in [-0.3, -0.25) is 21.1 Å². The topological polar surface area (TPSA) is 101 Å². The Bertz CT molecular complexity index is 588. The van der Waals surface area contributed by atoms with E-state index in [4.69, 9.17) is 21.1 Å². The predicted octanol–water partition coefficient (Wildman–Crippen LogP) is 2.52. The van der Waals surface area contributed by atoms with E-state index in [9.17, 15) is 0 Å². The molecule has 0 unspecified atom stereocenters. The Labute approximate surface area is 147 Å². The van der Waals surface area contributed by atoms with Crippen LogP contribution in [0.25, 0.3) is 0 Å². The highest BCUT2D eigenvalue weighted by atomic mass is 35.5. The zero-order chi connectivity index (χ0) is 18.4. The lowest BCUT2D eigenvalue weighted by molar-refractivity contribution is -0.110. The summed E-state index contributed by atoms with van der Waals surface area (Å²) in [7, 11) is 1.86. The van der Waals surface area contributed by atoms with Crippen LogP contribution >= 0.6 is 11.6 Å². The van der Waals surface area contributed by atoms with Crippen molar-refractivity contribution >= 4 is 30.4 Å². The minimum atomic E-state index is 0.377. The van der Waals surface area contributed by atoms with Gasteiger partial charge in [-0.2, -0.15) is 5.53 Å². The molecule has 0 aliphatic rings. The van der Waals surface area contributed by atoms with E-state index in [1.807, 2.05) is 56.1 Å². The number of ether oxygens (including phenoxy) is 1. The van der Waals surface area contributed by atoms with Crippen LogP contribution in [0.3, 0.4) is 0 Å². The van der Waals surface area contributed by atoms with Crippen molar-refractivity contribution in [3.8, 4) is 0 Å². The van der Waals surface area contributed by atoms with E-state index < -0.39 is 0 Å². The number of benzene rings is 1. The second-order valence-electron chi connectivity index (χ2n) is 4.36. The van der Waals surface area contributed by atoms with Crippen LogP contribution in [0.15, 0.2) is 46.8 Å². The third-order valence-corrected chi connectivity index (χ3v) is 3.29. The van der Waals surface area contributed by atoms with Crippen LogP contribution in [0.5, 0.6) is 0 Å². The average molecular weight is 354 g/mol. The van der Waals surface area contributed by atoms with Crippen molar-refractivity contribution in [3.05, 3.63) is 52.4 Å². The summed E-state index contributed by atoms with van der Waals surface area (Å²) in [5, 5.41) is 3.78. The van der Waals surface area contributed by atoms with Gasteiger partial charge in [0.1, 0.15) is 12.4 Å². The summed E-state index contributed by atoms with van der Waals surface area (Å²) in [5.74, 6) is 5.24. The van der Waals surface area contributed by atoms with Crippen LogP contribution in [0.1, 0.15) is 19.4 Å². The maximum absolute atomic E-state index is 9.15. The number of carbonyl (C=O) groups is 1. The molecular weight excluding hydrogens is 330 g/mol. The summed E-state index contributed by atoms with van der Waals surface area (Å²) in [4.78, 5) is 12.9. The highest BCUT2D eigenvalue weighted by Gasteiger charge is 2.08. The fourth-order valence-corrected chi connectivity index (χ4v) is 1.83. The van der Waals surface area contributed by atoms with Gasteiger partial charge >= 0.3 is 0 Å². The number of rotatable bonds is 8. The molecule has 0 fully saturated rings. The molecular formula is C16H24ClN5O2. The first-order valence-electron chi connectivity index (χ1n) is 7.07. The second-order valence-corrected chi connectivity index (χ2v) is 4.77. The molecule has 0 aliphatic heterocycles. The molecule has 1 amide bonds. The number of nitrogens with zero attached hydrogens (tertiary/aromatic N) is 1. The highest BCUT2D eigenvalue weighted by molar-refractivity contribution is 6.31. The van der Waals surface area contributed by atoms with E-state index in [1.165, 1.54) is 0 Å². The van der Waals surface area contributed by atoms with Gasteiger partial charge in [-0.05, 0) is 38.3 Å². The Morgan fingerprint density at radius 1 is 1.50 bits per heavy atom. The number of nitrogens with two attached hydrogens (primary N) is 1. The molecule has 24 heavy (non-hydrogen) atoms. The Balaban J connectivity index is 0.000000922. The zero-order valence-electron chi connectivity index (χ0n) is 14.1. The monoisotopic (exact) mass is 353 g/mol. The molecule has 0 spiro atoms. The smallest absolute Gasteiger partial charge is 0.222 e. The summed E-state index contributed by atoms with van der Waals surface area (Å²) >= 11 is 6.19. The number of hydrazine groups is 2. The number of allylic oxidation sites excluding steroid dienone is 2. The first-order valence-corrected chi connectivity index (χ1v) is 7.45. The highest BCUT2D eigenvalue weighted by Crippen LogP contribution is 2.26. The molecule has 1 aromatic rings. The summed E-state index contributed by atoms with van der Waals surface area (Å²) in [6.45, 7) is 7.74. The summed E-state index contributed by atoms with van der Waals surface area (Å²) in [6.07, 6.45) is 4.01. The van der Waals surface area contributed by atoms with E-state index >= 15 is 0 Å². The summed E-state index contributed by atoms with van der Waals surface area (Å²) in [5.41, 5.74) is 6.74. The Kier molecular flexibility index (Phi) is 11.8. The molecule has 1 rings (SSSR count). The number of hydrogen-bond acceptors (Lipinski definition) is 6. The van der Waals surface area contributed by atoms with Gasteiger partial charge in [-0.1, -0.05) is 23.7 Å². The van der Waals surface area contributed by atoms with Crippen LogP contribution < -0.4 is 22.1 Å². The average Bonchev–Trinajstić information content (AvgIpc) is 2.59. The molecule has 0 atom stereocenters. The van der Waals surface area contributed by atoms with Gasteiger partial charge in [0.25, 0.3) is 0 Å². The molecule has 0 heterocycles. The van der Waals surface area contributed by atoms with Crippen molar-refractivity contribution in [2.75, 3.05) is 12.4 Å². The standard InChI is InChI=1S/C15H19ClN2O.CH5N3O/c1-5-11(2)15(9-17-3)19-10-12-13(16)7-6-8-14(12)18-4;2-4-3-1-5/h5-9,18H,3,10H2,1-2,4H3;1,4H,2H2,(H,3,5)/b11-5-,15-9+;. The number of halogens is 1. The number of amides is 1. The fourth-order valence-electron chi connectivity index (χ4n) is 1.60. The van der Waals surface area contributed by atoms with Gasteiger partial charge in [-0.15, -0.1) is 0 Å². The maximum atomic E-state index is 9.15. The predicted molar refractivity (Wildman–Crippen MR) is 99.4 cm³/mol. The maximum Gasteiger partial charge on any atom is 0.222 e. The number of carbonyl (C=O) groups excluding carboxylic acids is 1. The molecule has 0 aliphatic carbocycles. The van der Waals surface area contributed by atoms with Gasteiger partial charge in [0, 0.05) is 23.3 Å². The van der Waals surface area contributed by atoms with Gasteiger partial charge in [-0.25, -0.2) is 0 Å². The molecule has 7 nitrogen and oxygen atoms in total. The van der Waals surface area contributed by atoms with Crippen LogP contribution in [-0.4, -0.2) is 20.2 Å². The lowest BCUT2D eigenvalue weighted by Crippen LogP contribution is -2.36. The largest absolute Gasteiger partial charge is 0.487 e. The Morgan fingerprint density at radius 3 is 2.67 bits per heavy atom. The normalized spacial score (nSPS) is 11.0.